The normalized spacial score (nSPS) is 10.5. The van der Waals surface area contributed by atoms with Crippen LogP contribution in [0.15, 0.2) is 17.6 Å². The van der Waals surface area contributed by atoms with E-state index in [1.807, 2.05) is 11.4 Å². The molecule has 2 aromatic rings. The fourth-order valence-corrected chi connectivity index (χ4v) is 2.07. The van der Waals surface area contributed by atoms with Gasteiger partial charge in [0.05, 0.1) is 12.7 Å². The molecule has 0 radical (unpaired) electrons. The highest BCUT2D eigenvalue weighted by atomic mass is 32.1. The minimum Gasteiger partial charge on any atom is -0.381 e. The van der Waals surface area contributed by atoms with Gasteiger partial charge in [-0.15, -0.1) is 16.4 Å². The first-order valence-corrected chi connectivity index (χ1v) is 5.27. The maximum atomic E-state index is 11.1. The third-order valence-corrected chi connectivity index (χ3v) is 2.83. The first-order valence-electron chi connectivity index (χ1n) is 4.39. The van der Waals surface area contributed by atoms with Gasteiger partial charge in [-0.3, -0.25) is 4.79 Å². The van der Waals surface area contributed by atoms with Crippen molar-refractivity contribution in [1.29, 1.82) is 0 Å². The van der Waals surface area contributed by atoms with Gasteiger partial charge in [0, 0.05) is 15.8 Å². The maximum Gasteiger partial charge on any atom is 0.165 e. The van der Waals surface area contributed by atoms with Crippen LogP contribution in [-0.4, -0.2) is 20.8 Å². The monoisotopic (exact) mass is 222 g/mol. The Labute approximate surface area is 90.5 Å². The summed E-state index contributed by atoms with van der Waals surface area (Å²) in [5.41, 5.74) is 6.17. The molecule has 2 heterocycles. The molecule has 6 heteroatoms. The van der Waals surface area contributed by atoms with Crippen LogP contribution in [0.5, 0.6) is 0 Å². The van der Waals surface area contributed by atoms with Crippen LogP contribution in [0.25, 0.3) is 0 Å². The Morgan fingerprint density at radius 2 is 2.47 bits per heavy atom. The Balaban J connectivity index is 2.14. The highest BCUT2D eigenvalue weighted by molar-refractivity contribution is 7.10. The van der Waals surface area contributed by atoms with Gasteiger partial charge in [0.1, 0.15) is 0 Å². The molecule has 0 aliphatic heterocycles. The van der Waals surface area contributed by atoms with Crippen LogP contribution in [0.4, 0.5) is 5.82 Å². The van der Waals surface area contributed by atoms with Crippen molar-refractivity contribution >= 4 is 22.9 Å². The summed E-state index contributed by atoms with van der Waals surface area (Å²) in [4.78, 5) is 13.6. The zero-order chi connectivity index (χ0) is 10.8. The minimum absolute atomic E-state index is 0.0745. The molecular formula is C9H10N4OS. The molecule has 0 saturated carbocycles. The van der Waals surface area contributed by atoms with Gasteiger partial charge < -0.3 is 5.73 Å². The molecular weight excluding hydrogens is 212 g/mol. The Morgan fingerprint density at radius 1 is 1.67 bits per heavy atom. The zero-order valence-electron chi connectivity index (χ0n) is 8.17. The standard InChI is InChI=1S/C9H10N4OS/c1-6(14)7-2-8(15-5-7)4-13-11-3-9(10)12-13/h2-3,5H,4H2,1H3,(H2,10,12). The van der Waals surface area contributed by atoms with Crippen molar-refractivity contribution in [2.75, 3.05) is 5.73 Å². The van der Waals surface area contributed by atoms with Gasteiger partial charge in [-0.25, -0.2) is 0 Å². The topological polar surface area (TPSA) is 73.8 Å². The van der Waals surface area contributed by atoms with Crippen LogP contribution in [0.3, 0.4) is 0 Å². The van der Waals surface area contributed by atoms with Crippen molar-refractivity contribution in [3.63, 3.8) is 0 Å². The predicted octanol–water partition coefficient (Wildman–Crippen LogP) is 1.17. The van der Waals surface area contributed by atoms with E-state index in [2.05, 4.69) is 10.2 Å². The molecule has 0 aliphatic carbocycles. The molecule has 0 bridgehead atoms. The fourth-order valence-electron chi connectivity index (χ4n) is 1.17. The number of Topliss-reactive ketones (excluding diaryl/α,β-unsaturated/α-hetero) is 1. The van der Waals surface area contributed by atoms with Crippen molar-refractivity contribution in [2.24, 2.45) is 0 Å². The number of carbonyl (C=O) groups excluding carboxylic acids is 1. The van der Waals surface area contributed by atoms with Crippen molar-refractivity contribution in [3.8, 4) is 0 Å². The summed E-state index contributed by atoms with van der Waals surface area (Å²) in [6.07, 6.45) is 1.50. The Kier molecular flexibility index (Phi) is 2.51. The average Bonchev–Trinajstić information content (AvgIpc) is 2.76. The van der Waals surface area contributed by atoms with Crippen LogP contribution in [-0.2, 0) is 6.54 Å². The maximum absolute atomic E-state index is 11.1. The second-order valence-electron chi connectivity index (χ2n) is 3.16. The van der Waals surface area contributed by atoms with E-state index in [1.54, 1.807) is 6.92 Å². The molecule has 78 valence electrons. The number of nitrogen functional groups attached to an aromatic ring is 1. The van der Waals surface area contributed by atoms with Crippen LogP contribution < -0.4 is 5.73 Å². The lowest BCUT2D eigenvalue weighted by Crippen LogP contribution is -2.02. The lowest BCUT2D eigenvalue weighted by molar-refractivity contribution is 0.101. The van der Waals surface area contributed by atoms with Gasteiger partial charge in [-0.1, -0.05) is 0 Å². The first kappa shape index (κ1) is 9.85. The molecule has 5 nitrogen and oxygen atoms in total. The van der Waals surface area contributed by atoms with Gasteiger partial charge in [0.2, 0.25) is 0 Å². The molecule has 0 aromatic carbocycles. The van der Waals surface area contributed by atoms with Crippen molar-refractivity contribution in [2.45, 2.75) is 13.5 Å². The molecule has 0 spiro atoms. The third kappa shape index (κ3) is 2.21. The molecule has 0 saturated heterocycles. The van der Waals surface area contributed by atoms with Gasteiger partial charge in [0.25, 0.3) is 0 Å². The molecule has 0 amide bonds. The van der Waals surface area contributed by atoms with Crippen molar-refractivity contribution < 1.29 is 4.79 Å². The lowest BCUT2D eigenvalue weighted by atomic mass is 10.2. The van der Waals surface area contributed by atoms with E-state index in [0.29, 0.717) is 12.4 Å². The fraction of sp³-hybridized carbons (Fsp3) is 0.222. The zero-order valence-corrected chi connectivity index (χ0v) is 8.99. The smallest absolute Gasteiger partial charge is 0.165 e. The molecule has 0 unspecified atom stereocenters. The highest BCUT2D eigenvalue weighted by Crippen LogP contribution is 2.15. The molecule has 0 aliphatic rings. The van der Waals surface area contributed by atoms with Crippen LogP contribution in [0, 0.1) is 0 Å². The lowest BCUT2D eigenvalue weighted by Gasteiger charge is -1.94. The molecule has 15 heavy (non-hydrogen) atoms. The number of hydrogen-bond donors (Lipinski definition) is 1. The number of aromatic nitrogens is 3. The van der Waals surface area contributed by atoms with Gasteiger partial charge in [-0.05, 0) is 13.0 Å². The third-order valence-electron chi connectivity index (χ3n) is 1.91. The van der Waals surface area contributed by atoms with Gasteiger partial charge in [0.15, 0.2) is 11.6 Å². The molecule has 2 rings (SSSR count). The van der Waals surface area contributed by atoms with Crippen LogP contribution in [0.2, 0.25) is 0 Å². The summed E-state index contributed by atoms with van der Waals surface area (Å²) >= 11 is 1.52. The molecule has 0 fully saturated rings. The largest absolute Gasteiger partial charge is 0.381 e. The van der Waals surface area contributed by atoms with Gasteiger partial charge in [-0.2, -0.15) is 9.90 Å². The molecule has 2 aromatic heterocycles. The van der Waals surface area contributed by atoms with E-state index in [9.17, 15) is 4.79 Å². The van der Waals surface area contributed by atoms with Crippen molar-refractivity contribution in [1.82, 2.24) is 15.0 Å². The van der Waals surface area contributed by atoms with E-state index in [-0.39, 0.29) is 5.78 Å². The van der Waals surface area contributed by atoms with Crippen molar-refractivity contribution in [3.05, 3.63) is 28.1 Å². The van der Waals surface area contributed by atoms with E-state index >= 15 is 0 Å². The summed E-state index contributed by atoms with van der Waals surface area (Å²) in [6, 6.07) is 1.85. The highest BCUT2D eigenvalue weighted by Gasteiger charge is 2.05. The number of carbonyl (C=O) groups is 1. The summed E-state index contributed by atoms with van der Waals surface area (Å²) in [7, 11) is 0. The predicted molar refractivity (Wildman–Crippen MR) is 57.9 cm³/mol. The number of nitrogens with zero attached hydrogens (tertiary/aromatic N) is 3. The number of thiophene rings is 1. The number of hydrogen-bond acceptors (Lipinski definition) is 5. The second-order valence-corrected chi connectivity index (χ2v) is 4.15. The number of ketones is 1. The van der Waals surface area contributed by atoms with Gasteiger partial charge >= 0.3 is 0 Å². The van der Waals surface area contributed by atoms with E-state index in [4.69, 9.17) is 5.73 Å². The SMILES string of the molecule is CC(=O)c1csc(Cn2ncc(N)n2)c1. The Morgan fingerprint density at radius 3 is 3.00 bits per heavy atom. The number of anilines is 1. The summed E-state index contributed by atoms with van der Waals surface area (Å²) in [5, 5.41) is 9.77. The number of rotatable bonds is 3. The first-order chi connectivity index (χ1) is 7.15. The molecule has 2 N–H and O–H groups in total. The second kappa shape index (κ2) is 3.82. The van der Waals surface area contributed by atoms with E-state index in [0.717, 1.165) is 10.4 Å². The Hall–Kier alpha value is -1.69. The van der Waals surface area contributed by atoms with Crippen LogP contribution in [0.1, 0.15) is 22.2 Å². The minimum atomic E-state index is 0.0745. The summed E-state index contributed by atoms with van der Waals surface area (Å²) in [6.45, 7) is 2.10. The summed E-state index contributed by atoms with van der Waals surface area (Å²) < 4.78 is 0. The van der Waals surface area contributed by atoms with Crippen LogP contribution >= 0.6 is 11.3 Å². The van der Waals surface area contributed by atoms with E-state index < -0.39 is 0 Å². The Bertz CT molecular complexity index is 488. The summed E-state index contributed by atoms with van der Waals surface area (Å²) in [5.74, 6) is 0.476. The number of nitrogens with two attached hydrogens (primary N) is 1. The average molecular weight is 222 g/mol. The quantitative estimate of drug-likeness (QED) is 0.791. The molecule has 0 atom stereocenters. The van der Waals surface area contributed by atoms with E-state index in [1.165, 1.54) is 22.3 Å².